The number of carbonyl (C=O) groups is 2. The van der Waals surface area contributed by atoms with Crippen molar-refractivity contribution < 1.29 is 23.8 Å². The largest absolute Gasteiger partial charge is 0.489 e. The van der Waals surface area contributed by atoms with Gasteiger partial charge in [-0.05, 0) is 18.1 Å². The Bertz CT molecular complexity index is 465. The van der Waals surface area contributed by atoms with Crippen LogP contribution in [0.1, 0.15) is 27.7 Å². The van der Waals surface area contributed by atoms with E-state index in [2.05, 4.69) is 0 Å². The van der Waals surface area contributed by atoms with Gasteiger partial charge < -0.3 is 14.2 Å². The molecule has 0 fully saturated rings. The molecule has 0 aliphatic heterocycles. The van der Waals surface area contributed by atoms with Gasteiger partial charge in [0.2, 0.25) is 5.75 Å². The van der Waals surface area contributed by atoms with Gasteiger partial charge in [-0.2, -0.15) is 0 Å². The fourth-order valence-corrected chi connectivity index (χ4v) is 1.35. The predicted octanol–water partition coefficient (Wildman–Crippen LogP) is 2.57. The molecule has 0 radical (unpaired) electrons. The van der Waals surface area contributed by atoms with Crippen LogP contribution in [0, 0.1) is 5.92 Å². The lowest BCUT2D eigenvalue weighted by atomic mass is 10.2. The Morgan fingerprint density at radius 1 is 1.05 bits per heavy atom. The van der Waals surface area contributed by atoms with Gasteiger partial charge in [0.05, 0.1) is 6.61 Å². The summed E-state index contributed by atoms with van der Waals surface area (Å²) in [6.07, 6.45) is 0. The fourth-order valence-electron chi connectivity index (χ4n) is 1.35. The molecule has 0 atom stereocenters. The highest BCUT2D eigenvalue weighted by Crippen LogP contribution is 2.37. The smallest absolute Gasteiger partial charge is 0.308 e. The maximum atomic E-state index is 11.1. The summed E-state index contributed by atoms with van der Waals surface area (Å²) in [6.45, 7) is 7.02. The summed E-state index contributed by atoms with van der Waals surface area (Å²) in [4.78, 5) is 22.1. The quantitative estimate of drug-likeness (QED) is 0.605. The molecule has 1 aromatic rings. The second-order valence-electron chi connectivity index (χ2n) is 4.48. The van der Waals surface area contributed by atoms with Crippen LogP contribution in [0.15, 0.2) is 18.2 Å². The van der Waals surface area contributed by atoms with Gasteiger partial charge in [-0.3, -0.25) is 9.59 Å². The first kappa shape index (κ1) is 15.0. The summed E-state index contributed by atoms with van der Waals surface area (Å²) in [5, 5.41) is 0. The van der Waals surface area contributed by atoms with E-state index in [1.165, 1.54) is 13.8 Å². The third-order valence-electron chi connectivity index (χ3n) is 2.01. The van der Waals surface area contributed by atoms with Crippen LogP contribution in [-0.2, 0) is 9.59 Å². The van der Waals surface area contributed by atoms with E-state index in [1.54, 1.807) is 18.2 Å². The molecule has 0 saturated carbocycles. The number of rotatable bonds is 5. The zero-order valence-electron chi connectivity index (χ0n) is 11.6. The summed E-state index contributed by atoms with van der Waals surface area (Å²) in [6, 6.07) is 4.87. The van der Waals surface area contributed by atoms with E-state index in [0.29, 0.717) is 18.3 Å². The van der Waals surface area contributed by atoms with Crippen molar-refractivity contribution in [3.63, 3.8) is 0 Å². The van der Waals surface area contributed by atoms with Crippen LogP contribution >= 0.6 is 0 Å². The number of esters is 2. The molecular formula is C14H18O5. The number of benzene rings is 1. The Morgan fingerprint density at radius 3 is 2.16 bits per heavy atom. The second-order valence-corrected chi connectivity index (χ2v) is 4.48. The van der Waals surface area contributed by atoms with E-state index >= 15 is 0 Å². The molecular weight excluding hydrogens is 248 g/mol. The van der Waals surface area contributed by atoms with Gasteiger partial charge in [0, 0.05) is 13.8 Å². The molecule has 5 heteroatoms. The van der Waals surface area contributed by atoms with E-state index in [9.17, 15) is 9.59 Å². The Balaban J connectivity index is 3.06. The molecule has 0 amide bonds. The molecule has 0 aliphatic rings. The molecule has 104 valence electrons. The van der Waals surface area contributed by atoms with Crippen LogP contribution in [0.3, 0.4) is 0 Å². The number of carbonyl (C=O) groups excluding carboxylic acids is 2. The fraction of sp³-hybridized carbons (Fsp3) is 0.429. The van der Waals surface area contributed by atoms with Crippen LogP contribution < -0.4 is 14.2 Å². The van der Waals surface area contributed by atoms with Gasteiger partial charge in [-0.15, -0.1) is 0 Å². The average molecular weight is 266 g/mol. The molecule has 1 aromatic carbocycles. The standard InChI is InChI=1S/C14H18O5/c1-9(2)8-17-12-6-5-7-13(18-10(3)15)14(12)19-11(4)16/h5-7,9H,8H2,1-4H3. The van der Waals surface area contributed by atoms with Crippen molar-refractivity contribution in [1.29, 1.82) is 0 Å². The monoisotopic (exact) mass is 266 g/mol. The zero-order valence-corrected chi connectivity index (χ0v) is 11.6. The summed E-state index contributed by atoms with van der Waals surface area (Å²) in [5.74, 6) is 0.00317. The van der Waals surface area contributed by atoms with Crippen LogP contribution in [-0.4, -0.2) is 18.5 Å². The molecule has 0 saturated heterocycles. The normalized spacial score (nSPS) is 10.2. The Labute approximate surface area is 112 Å². The van der Waals surface area contributed by atoms with Gasteiger partial charge in [-0.25, -0.2) is 0 Å². The predicted molar refractivity (Wildman–Crippen MR) is 69.4 cm³/mol. The van der Waals surface area contributed by atoms with E-state index in [4.69, 9.17) is 14.2 Å². The number of hydrogen-bond donors (Lipinski definition) is 0. The number of hydrogen-bond acceptors (Lipinski definition) is 5. The minimum absolute atomic E-state index is 0.130. The van der Waals surface area contributed by atoms with Gasteiger partial charge in [0.25, 0.3) is 0 Å². The first-order valence-electron chi connectivity index (χ1n) is 6.02. The lowest BCUT2D eigenvalue weighted by molar-refractivity contribution is -0.134. The van der Waals surface area contributed by atoms with Crippen LogP contribution in [0.4, 0.5) is 0 Å². The molecule has 5 nitrogen and oxygen atoms in total. The lowest BCUT2D eigenvalue weighted by Gasteiger charge is -2.15. The van der Waals surface area contributed by atoms with Gasteiger partial charge in [0.1, 0.15) is 0 Å². The van der Waals surface area contributed by atoms with E-state index in [1.807, 2.05) is 13.8 Å². The average Bonchev–Trinajstić information content (AvgIpc) is 2.28. The van der Waals surface area contributed by atoms with Crippen molar-refractivity contribution >= 4 is 11.9 Å². The molecule has 0 unspecified atom stereocenters. The summed E-state index contributed by atoms with van der Waals surface area (Å²) >= 11 is 0. The maximum absolute atomic E-state index is 11.1. The molecule has 0 N–H and O–H groups in total. The van der Waals surface area contributed by atoms with Gasteiger partial charge in [0.15, 0.2) is 11.5 Å². The van der Waals surface area contributed by atoms with Crippen molar-refractivity contribution in [2.75, 3.05) is 6.61 Å². The molecule has 0 bridgehead atoms. The highest BCUT2D eigenvalue weighted by Gasteiger charge is 2.16. The Hall–Kier alpha value is -2.04. The minimum atomic E-state index is -0.506. The SMILES string of the molecule is CC(=O)Oc1cccc(OCC(C)C)c1OC(C)=O. The van der Waals surface area contributed by atoms with Crippen LogP contribution in [0.2, 0.25) is 0 Å². The van der Waals surface area contributed by atoms with Crippen LogP contribution in [0.25, 0.3) is 0 Å². The minimum Gasteiger partial charge on any atom is -0.489 e. The first-order valence-corrected chi connectivity index (χ1v) is 6.02. The lowest BCUT2D eigenvalue weighted by Crippen LogP contribution is -2.10. The maximum Gasteiger partial charge on any atom is 0.308 e. The Morgan fingerprint density at radius 2 is 1.63 bits per heavy atom. The van der Waals surface area contributed by atoms with Crippen molar-refractivity contribution in [1.82, 2.24) is 0 Å². The Kier molecular flexibility index (Phi) is 5.36. The topological polar surface area (TPSA) is 61.8 Å². The highest BCUT2D eigenvalue weighted by atomic mass is 16.6. The van der Waals surface area contributed by atoms with E-state index < -0.39 is 11.9 Å². The van der Waals surface area contributed by atoms with Crippen molar-refractivity contribution in [3.05, 3.63) is 18.2 Å². The molecule has 0 spiro atoms. The van der Waals surface area contributed by atoms with E-state index in [0.717, 1.165) is 0 Å². The first-order chi connectivity index (χ1) is 8.90. The molecule has 1 rings (SSSR count). The summed E-state index contributed by atoms with van der Waals surface area (Å²) in [7, 11) is 0. The van der Waals surface area contributed by atoms with Gasteiger partial charge >= 0.3 is 11.9 Å². The zero-order chi connectivity index (χ0) is 14.4. The third kappa shape index (κ3) is 4.99. The summed E-state index contributed by atoms with van der Waals surface area (Å²) in [5.41, 5.74) is 0. The molecule has 0 aromatic heterocycles. The van der Waals surface area contributed by atoms with Crippen molar-refractivity contribution in [2.45, 2.75) is 27.7 Å². The molecule has 19 heavy (non-hydrogen) atoms. The summed E-state index contributed by atoms with van der Waals surface area (Å²) < 4.78 is 15.6. The van der Waals surface area contributed by atoms with Crippen molar-refractivity contribution in [2.24, 2.45) is 5.92 Å². The van der Waals surface area contributed by atoms with Gasteiger partial charge in [-0.1, -0.05) is 19.9 Å². The molecule has 0 heterocycles. The number of ether oxygens (including phenoxy) is 3. The van der Waals surface area contributed by atoms with Crippen molar-refractivity contribution in [3.8, 4) is 17.2 Å². The van der Waals surface area contributed by atoms with Crippen LogP contribution in [0.5, 0.6) is 17.2 Å². The second kappa shape index (κ2) is 6.78. The van der Waals surface area contributed by atoms with E-state index in [-0.39, 0.29) is 11.5 Å². The molecule has 0 aliphatic carbocycles. The third-order valence-corrected chi connectivity index (χ3v) is 2.01. The highest BCUT2D eigenvalue weighted by molar-refractivity contribution is 5.75. The number of para-hydroxylation sites is 1.